The zero-order valence-corrected chi connectivity index (χ0v) is 12.4. The molecule has 1 atom stereocenters. The van der Waals surface area contributed by atoms with Crippen molar-refractivity contribution in [1.82, 2.24) is 0 Å². The molecule has 0 aliphatic rings. The van der Waals surface area contributed by atoms with Crippen LogP contribution in [0.2, 0.25) is 5.02 Å². The number of hydrogen-bond donors (Lipinski definition) is 1. The number of aliphatic hydroxyl groups is 1. The summed E-state index contributed by atoms with van der Waals surface area (Å²) in [6.07, 6.45) is 0.497. The molecule has 0 fully saturated rings. The van der Waals surface area contributed by atoms with Gasteiger partial charge in [-0.05, 0) is 45.2 Å². The highest BCUT2D eigenvalue weighted by molar-refractivity contribution is 6.31. The quantitative estimate of drug-likeness (QED) is 0.662. The van der Waals surface area contributed by atoms with Gasteiger partial charge in [-0.2, -0.15) is 0 Å². The van der Waals surface area contributed by atoms with Crippen molar-refractivity contribution in [2.45, 2.75) is 39.7 Å². The highest BCUT2D eigenvalue weighted by Crippen LogP contribution is 2.25. The van der Waals surface area contributed by atoms with Crippen LogP contribution in [0.1, 0.15) is 45.3 Å². The van der Waals surface area contributed by atoms with Crippen LogP contribution in [0.5, 0.6) is 0 Å². The summed E-state index contributed by atoms with van der Waals surface area (Å²) in [6, 6.07) is 7.21. The Morgan fingerprint density at radius 1 is 1.37 bits per heavy atom. The van der Waals surface area contributed by atoms with Gasteiger partial charge in [0.25, 0.3) is 0 Å². The maximum atomic E-state index is 11.5. The lowest BCUT2D eigenvalue weighted by atomic mass is 9.97. The smallest absolute Gasteiger partial charge is 0.311 e. The average Bonchev–Trinajstić information content (AvgIpc) is 2.33. The van der Waals surface area contributed by atoms with Gasteiger partial charge in [0.1, 0.15) is 0 Å². The van der Waals surface area contributed by atoms with Crippen LogP contribution in [0.4, 0.5) is 0 Å². The maximum Gasteiger partial charge on any atom is 0.311 e. The number of esters is 1. The van der Waals surface area contributed by atoms with E-state index in [0.717, 1.165) is 0 Å². The second kappa shape index (κ2) is 6.92. The molecule has 19 heavy (non-hydrogen) atoms. The minimum Gasteiger partial charge on any atom is -0.465 e. The zero-order chi connectivity index (χ0) is 14.5. The summed E-state index contributed by atoms with van der Waals surface area (Å²) in [4.78, 5) is 11.5. The predicted molar refractivity (Wildman–Crippen MR) is 76.1 cm³/mol. The fourth-order valence-electron chi connectivity index (χ4n) is 1.56. The molecule has 0 aliphatic heterocycles. The number of aliphatic hydroxyl groups excluding tert-OH is 1. The Balaban J connectivity index is 2.34. The van der Waals surface area contributed by atoms with Gasteiger partial charge < -0.3 is 9.84 Å². The van der Waals surface area contributed by atoms with Crippen molar-refractivity contribution in [1.29, 1.82) is 0 Å². The van der Waals surface area contributed by atoms with Crippen molar-refractivity contribution >= 4 is 17.6 Å². The Morgan fingerprint density at radius 3 is 2.58 bits per heavy atom. The highest BCUT2D eigenvalue weighted by atomic mass is 35.5. The van der Waals surface area contributed by atoms with Crippen molar-refractivity contribution in [2.75, 3.05) is 6.61 Å². The normalized spacial score (nSPS) is 13.1. The second-order valence-corrected chi connectivity index (χ2v) is 5.97. The molecule has 0 saturated heterocycles. The molecular formula is C15H21ClO3. The lowest BCUT2D eigenvalue weighted by Gasteiger charge is -2.17. The van der Waals surface area contributed by atoms with Gasteiger partial charge in [-0.1, -0.05) is 29.8 Å². The van der Waals surface area contributed by atoms with E-state index < -0.39 is 11.5 Å². The Hall–Kier alpha value is -1.06. The fourth-order valence-corrected chi connectivity index (χ4v) is 1.82. The summed E-state index contributed by atoms with van der Waals surface area (Å²) in [6.45, 7) is 5.76. The molecule has 1 rings (SSSR count). The molecule has 3 nitrogen and oxygen atoms in total. The summed E-state index contributed by atoms with van der Waals surface area (Å²) in [5, 5.41) is 10.6. The van der Waals surface area contributed by atoms with Crippen LogP contribution in [0.15, 0.2) is 24.3 Å². The van der Waals surface area contributed by atoms with Gasteiger partial charge in [0.05, 0.1) is 18.1 Å². The zero-order valence-electron chi connectivity index (χ0n) is 11.6. The van der Waals surface area contributed by atoms with E-state index >= 15 is 0 Å². The van der Waals surface area contributed by atoms with Crippen LogP contribution in [-0.2, 0) is 9.53 Å². The molecule has 0 aliphatic carbocycles. The maximum absolute atomic E-state index is 11.5. The molecule has 0 saturated carbocycles. The van der Waals surface area contributed by atoms with Crippen molar-refractivity contribution in [2.24, 2.45) is 5.41 Å². The van der Waals surface area contributed by atoms with Crippen LogP contribution in [0, 0.1) is 5.41 Å². The van der Waals surface area contributed by atoms with Gasteiger partial charge in [-0.3, -0.25) is 4.79 Å². The van der Waals surface area contributed by atoms with Gasteiger partial charge in [0.15, 0.2) is 0 Å². The number of carbonyl (C=O) groups is 1. The summed E-state index contributed by atoms with van der Waals surface area (Å²) >= 11 is 6.00. The first-order valence-electron chi connectivity index (χ1n) is 6.42. The van der Waals surface area contributed by atoms with E-state index in [1.807, 2.05) is 32.9 Å². The molecule has 0 radical (unpaired) electrons. The van der Waals surface area contributed by atoms with Crippen LogP contribution >= 0.6 is 11.6 Å². The third kappa shape index (κ3) is 5.21. The molecule has 1 aromatic carbocycles. The van der Waals surface area contributed by atoms with Crippen LogP contribution in [-0.4, -0.2) is 17.7 Å². The topological polar surface area (TPSA) is 46.5 Å². The third-order valence-electron chi connectivity index (χ3n) is 2.73. The molecule has 1 N–H and O–H groups in total. The SMILES string of the molecule is CC(C)(C)C(=O)OCCCC(O)c1ccccc1Cl. The van der Waals surface area contributed by atoms with E-state index in [-0.39, 0.29) is 5.97 Å². The second-order valence-electron chi connectivity index (χ2n) is 5.57. The molecular weight excluding hydrogens is 264 g/mol. The lowest BCUT2D eigenvalue weighted by Crippen LogP contribution is -2.23. The highest BCUT2D eigenvalue weighted by Gasteiger charge is 2.22. The molecule has 1 unspecified atom stereocenters. The minimum atomic E-state index is -0.623. The van der Waals surface area contributed by atoms with E-state index in [1.54, 1.807) is 12.1 Å². The number of hydrogen-bond acceptors (Lipinski definition) is 3. The average molecular weight is 285 g/mol. The lowest BCUT2D eigenvalue weighted by molar-refractivity contribution is -0.153. The van der Waals surface area contributed by atoms with Gasteiger partial charge in [0, 0.05) is 5.02 Å². The third-order valence-corrected chi connectivity index (χ3v) is 3.08. The van der Waals surface area contributed by atoms with E-state index in [1.165, 1.54) is 0 Å². The molecule has 1 aromatic rings. The Kier molecular flexibility index (Phi) is 5.83. The number of halogens is 1. The Labute approximate surface area is 119 Å². The molecule has 0 aromatic heterocycles. The summed E-state index contributed by atoms with van der Waals surface area (Å²) in [5.74, 6) is -0.222. The van der Waals surface area contributed by atoms with E-state index in [9.17, 15) is 9.90 Å². The Bertz CT molecular complexity index is 424. The molecule has 0 amide bonds. The first-order chi connectivity index (χ1) is 8.82. The number of rotatable bonds is 5. The number of carbonyl (C=O) groups excluding carboxylic acids is 1. The van der Waals surface area contributed by atoms with Gasteiger partial charge in [-0.15, -0.1) is 0 Å². The molecule has 4 heteroatoms. The van der Waals surface area contributed by atoms with E-state index in [0.29, 0.717) is 30.0 Å². The largest absolute Gasteiger partial charge is 0.465 e. The number of ether oxygens (including phenoxy) is 1. The first kappa shape index (κ1) is 16.0. The fraction of sp³-hybridized carbons (Fsp3) is 0.533. The van der Waals surface area contributed by atoms with Crippen molar-refractivity contribution in [3.05, 3.63) is 34.9 Å². The molecule has 0 bridgehead atoms. The van der Waals surface area contributed by atoms with Crippen molar-refractivity contribution in [3.8, 4) is 0 Å². The monoisotopic (exact) mass is 284 g/mol. The van der Waals surface area contributed by atoms with Crippen LogP contribution in [0.25, 0.3) is 0 Å². The van der Waals surface area contributed by atoms with E-state index in [4.69, 9.17) is 16.3 Å². The van der Waals surface area contributed by atoms with Gasteiger partial charge >= 0.3 is 5.97 Å². The number of benzene rings is 1. The summed E-state index contributed by atoms with van der Waals surface area (Å²) < 4.78 is 5.14. The molecule has 106 valence electrons. The molecule has 0 heterocycles. The minimum absolute atomic E-state index is 0.222. The van der Waals surface area contributed by atoms with Crippen molar-refractivity contribution < 1.29 is 14.6 Å². The Morgan fingerprint density at radius 2 is 2.00 bits per heavy atom. The van der Waals surface area contributed by atoms with Crippen LogP contribution < -0.4 is 0 Å². The first-order valence-corrected chi connectivity index (χ1v) is 6.80. The van der Waals surface area contributed by atoms with E-state index in [2.05, 4.69) is 0 Å². The van der Waals surface area contributed by atoms with Gasteiger partial charge in [-0.25, -0.2) is 0 Å². The standard InChI is InChI=1S/C15H21ClO3/c1-15(2,3)14(18)19-10-6-9-13(17)11-7-4-5-8-12(11)16/h4-5,7-8,13,17H,6,9-10H2,1-3H3. The van der Waals surface area contributed by atoms with Gasteiger partial charge in [0.2, 0.25) is 0 Å². The predicted octanol–water partition coefficient (Wildman–Crippen LogP) is 3.74. The van der Waals surface area contributed by atoms with Crippen LogP contribution in [0.3, 0.4) is 0 Å². The summed E-state index contributed by atoms with van der Waals surface area (Å²) in [7, 11) is 0. The van der Waals surface area contributed by atoms with Crippen molar-refractivity contribution in [3.63, 3.8) is 0 Å². The summed E-state index contributed by atoms with van der Waals surface area (Å²) in [5.41, 5.74) is 0.229. The molecule has 0 spiro atoms.